The number of fused-ring (bicyclic) bond motifs is 1. The summed E-state index contributed by atoms with van der Waals surface area (Å²) in [6.07, 6.45) is 3.05. The molecule has 1 aliphatic heterocycles. The Hall–Kier alpha value is -5.46. The summed E-state index contributed by atoms with van der Waals surface area (Å²) >= 11 is 0. The molecule has 2 aromatic heterocycles. The van der Waals surface area contributed by atoms with Crippen LogP contribution in [0.3, 0.4) is 0 Å². The van der Waals surface area contributed by atoms with Crippen molar-refractivity contribution < 1.29 is 23.2 Å². The third kappa shape index (κ3) is 6.56. The molecular formula is C32H32F2N8O3. The minimum Gasteiger partial charge on any atom is -0.353 e. The number of aryl methyl sites for hydroxylation is 1. The monoisotopic (exact) mass is 614 g/mol. The lowest BCUT2D eigenvalue weighted by atomic mass is 10.1. The van der Waals surface area contributed by atoms with Gasteiger partial charge in [0.2, 0.25) is 11.8 Å². The summed E-state index contributed by atoms with van der Waals surface area (Å²) in [6.45, 7) is 6.09. The third-order valence-corrected chi connectivity index (χ3v) is 7.39. The van der Waals surface area contributed by atoms with Crippen LogP contribution in [0.2, 0.25) is 0 Å². The molecule has 11 nitrogen and oxygen atoms in total. The van der Waals surface area contributed by atoms with Crippen LogP contribution in [-0.4, -0.2) is 75.6 Å². The van der Waals surface area contributed by atoms with E-state index in [0.29, 0.717) is 33.5 Å². The molecule has 5 rings (SSSR count). The number of carbonyl (C=O) groups excluding carboxylic acids is 3. The van der Waals surface area contributed by atoms with Crippen molar-refractivity contribution in [2.24, 2.45) is 9.98 Å². The average molecular weight is 615 g/mol. The Morgan fingerprint density at radius 3 is 2.64 bits per heavy atom. The first kappa shape index (κ1) is 31.0. The number of hydrogen-bond donors (Lipinski definition) is 2. The molecule has 1 saturated heterocycles. The van der Waals surface area contributed by atoms with E-state index in [1.54, 1.807) is 61.3 Å². The highest BCUT2D eigenvalue weighted by Crippen LogP contribution is 2.28. The Balaban J connectivity index is 1.39. The molecule has 0 aliphatic carbocycles. The van der Waals surface area contributed by atoms with Gasteiger partial charge in [0.25, 0.3) is 0 Å². The number of amides is 2. The summed E-state index contributed by atoms with van der Waals surface area (Å²) in [5.74, 6) is -1.66. The van der Waals surface area contributed by atoms with Crippen LogP contribution in [0.25, 0.3) is 16.6 Å². The standard InChI is InChI=1S/C32H32F2N8O3/c1-19-11-30(42(39-19)28-8-6-5-7-26(28)34)38-32(45)29-12-21(33)16-41(29)31(44)18-40-17-25(20(2)43)24-13-22(9-10-27(24)40)37-23(14-35-3)15-36-4/h5-11,13-15,17,21,29,37H,3,12,16,18H2,1-2,4H3,(H,38,45)/b23-14+,36-15-/t21-,29+/m1/s1. The molecule has 0 unspecified atom stereocenters. The molecule has 13 heteroatoms. The second-order valence-corrected chi connectivity index (χ2v) is 10.7. The van der Waals surface area contributed by atoms with Crippen molar-refractivity contribution in [2.75, 3.05) is 24.2 Å². The molecule has 0 saturated carbocycles. The number of Topliss-reactive ketones (excluding diaryl/α,β-unsaturated/α-hetero) is 1. The molecule has 1 fully saturated rings. The fraction of sp³-hybridized carbons (Fsp3) is 0.250. The van der Waals surface area contributed by atoms with Gasteiger partial charge in [-0.25, -0.2) is 13.5 Å². The van der Waals surface area contributed by atoms with Gasteiger partial charge in [0.15, 0.2) is 5.78 Å². The van der Waals surface area contributed by atoms with E-state index >= 15 is 0 Å². The van der Waals surface area contributed by atoms with Gasteiger partial charge in [0.1, 0.15) is 36.1 Å². The Labute approximate surface area is 257 Å². The summed E-state index contributed by atoms with van der Waals surface area (Å²) in [4.78, 5) is 48.5. The molecule has 45 heavy (non-hydrogen) atoms. The zero-order chi connectivity index (χ0) is 32.2. The number of nitrogens with zero attached hydrogens (tertiary/aromatic N) is 6. The fourth-order valence-electron chi connectivity index (χ4n) is 5.44. The van der Waals surface area contributed by atoms with E-state index in [-0.39, 0.29) is 36.8 Å². The van der Waals surface area contributed by atoms with Crippen molar-refractivity contribution in [1.29, 1.82) is 0 Å². The number of likely N-dealkylation sites (tertiary alicyclic amines) is 1. The lowest BCUT2D eigenvalue weighted by Gasteiger charge is -2.24. The summed E-state index contributed by atoms with van der Waals surface area (Å²) in [5, 5.41) is 10.8. The number of allylic oxidation sites excluding steroid dienone is 1. The number of aliphatic imine (C=N–C) groups is 2. The number of para-hydroxylation sites is 1. The number of hydrogen-bond acceptors (Lipinski definition) is 7. The first-order valence-electron chi connectivity index (χ1n) is 14.1. The van der Waals surface area contributed by atoms with Crippen molar-refractivity contribution >= 4 is 52.9 Å². The smallest absolute Gasteiger partial charge is 0.248 e. The largest absolute Gasteiger partial charge is 0.353 e. The minimum absolute atomic E-state index is 0.130. The van der Waals surface area contributed by atoms with Crippen LogP contribution in [0.15, 0.2) is 76.6 Å². The molecule has 0 spiro atoms. The maximum absolute atomic E-state index is 14.7. The van der Waals surface area contributed by atoms with E-state index in [1.165, 1.54) is 40.9 Å². The number of benzene rings is 2. The Kier molecular flexibility index (Phi) is 8.98. The second kappa shape index (κ2) is 13.0. The van der Waals surface area contributed by atoms with E-state index in [1.807, 2.05) is 0 Å². The van der Waals surface area contributed by atoms with Crippen LogP contribution < -0.4 is 10.6 Å². The molecule has 2 amide bonds. The van der Waals surface area contributed by atoms with Gasteiger partial charge in [0.05, 0.1) is 24.1 Å². The first-order valence-corrected chi connectivity index (χ1v) is 14.1. The number of nitrogens with one attached hydrogen (secondary N) is 2. The highest BCUT2D eigenvalue weighted by molar-refractivity contribution is 6.08. The number of ketones is 1. The van der Waals surface area contributed by atoms with Gasteiger partial charge >= 0.3 is 0 Å². The van der Waals surface area contributed by atoms with Gasteiger partial charge in [-0.3, -0.25) is 24.4 Å². The van der Waals surface area contributed by atoms with Gasteiger partial charge < -0.3 is 20.1 Å². The van der Waals surface area contributed by atoms with E-state index in [2.05, 4.69) is 32.4 Å². The maximum atomic E-state index is 14.7. The van der Waals surface area contributed by atoms with Gasteiger partial charge in [0, 0.05) is 54.1 Å². The summed E-state index contributed by atoms with van der Waals surface area (Å²) in [7, 11) is 1.62. The van der Waals surface area contributed by atoms with E-state index in [4.69, 9.17) is 0 Å². The van der Waals surface area contributed by atoms with Gasteiger partial charge in [-0.2, -0.15) is 5.10 Å². The molecule has 0 radical (unpaired) electrons. The molecule has 232 valence electrons. The fourth-order valence-corrected chi connectivity index (χ4v) is 5.44. The van der Waals surface area contributed by atoms with Crippen LogP contribution in [0.4, 0.5) is 20.3 Å². The molecule has 2 N–H and O–H groups in total. The zero-order valence-electron chi connectivity index (χ0n) is 25.0. The normalized spacial score (nSPS) is 16.8. The summed E-state index contributed by atoms with van der Waals surface area (Å²) < 4.78 is 32.1. The van der Waals surface area contributed by atoms with Crippen molar-refractivity contribution in [2.45, 2.75) is 39.0 Å². The Morgan fingerprint density at radius 2 is 1.93 bits per heavy atom. The summed E-state index contributed by atoms with van der Waals surface area (Å²) in [5.41, 5.74) is 2.90. The molecule has 4 aromatic rings. The van der Waals surface area contributed by atoms with E-state index in [0.717, 1.165) is 0 Å². The van der Waals surface area contributed by atoms with Gasteiger partial charge in [-0.1, -0.05) is 12.1 Å². The Bertz CT molecular complexity index is 1860. The number of carbonyl (C=O) groups is 3. The van der Waals surface area contributed by atoms with Crippen molar-refractivity contribution in [3.8, 4) is 5.69 Å². The average Bonchev–Trinajstić information content (AvgIpc) is 3.68. The lowest BCUT2D eigenvalue weighted by molar-refractivity contribution is -0.137. The van der Waals surface area contributed by atoms with Crippen molar-refractivity contribution in [1.82, 2.24) is 19.2 Å². The topological polar surface area (TPSA) is 126 Å². The molecule has 2 atom stereocenters. The van der Waals surface area contributed by atoms with Crippen molar-refractivity contribution in [3.63, 3.8) is 0 Å². The van der Waals surface area contributed by atoms with Crippen LogP contribution in [0.1, 0.15) is 29.4 Å². The predicted octanol–water partition coefficient (Wildman–Crippen LogP) is 4.71. The van der Waals surface area contributed by atoms with Crippen LogP contribution in [-0.2, 0) is 16.1 Å². The van der Waals surface area contributed by atoms with E-state index in [9.17, 15) is 23.2 Å². The van der Waals surface area contributed by atoms with Crippen LogP contribution in [0.5, 0.6) is 0 Å². The lowest BCUT2D eigenvalue weighted by Crippen LogP contribution is -2.44. The van der Waals surface area contributed by atoms with Crippen LogP contribution in [0, 0.1) is 12.7 Å². The maximum Gasteiger partial charge on any atom is 0.248 e. The molecule has 2 aromatic carbocycles. The third-order valence-electron chi connectivity index (χ3n) is 7.39. The highest BCUT2D eigenvalue weighted by Gasteiger charge is 2.40. The molecule has 3 heterocycles. The quantitative estimate of drug-likeness (QED) is 0.198. The number of rotatable bonds is 10. The number of halogens is 2. The molecular weight excluding hydrogens is 582 g/mol. The second-order valence-electron chi connectivity index (χ2n) is 10.7. The number of anilines is 2. The van der Waals surface area contributed by atoms with Gasteiger partial charge in [-0.05, 0) is 50.9 Å². The zero-order valence-corrected chi connectivity index (χ0v) is 25.0. The van der Waals surface area contributed by atoms with Crippen molar-refractivity contribution in [3.05, 3.63) is 83.7 Å². The predicted molar refractivity (Wildman–Crippen MR) is 170 cm³/mol. The first-order chi connectivity index (χ1) is 21.6. The number of aromatic nitrogens is 3. The SMILES string of the molecule is C=N/C=C(\C=N/C)Nc1ccc2c(c1)c(C(C)=O)cn2CC(=O)N1C[C@H](F)C[C@H]1C(=O)Nc1cc(C)nn1-c1ccccc1F. The number of alkyl halides is 1. The highest BCUT2D eigenvalue weighted by atomic mass is 19.1. The minimum atomic E-state index is -1.41. The molecule has 1 aliphatic rings. The Morgan fingerprint density at radius 1 is 1.16 bits per heavy atom. The van der Waals surface area contributed by atoms with E-state index < -0.39 is 29.8 Å². The van der Waals surface area contributed by atoms with Gasteiger partial charge in [-0.15, -0.1) is 0 Å². The molecule has 0 bridgehead atoms. The summed E-state index contributed by atoms with van der Waals surface area (Å²) in [6, 6.07) is 11.7. The van der Waals surface area contributed by atoms with Crippen LogP contribution >= 0.6 is 0 Å².